The summed E-state index contributed by atoms with van der Waals surface area (Å²) in [6.07, 6.45) is 0. The maximum atomic E-state index is 11.5. The van der Waals surface area contributed by atoms with Gasteiger partial charge in [0, 0.05) is 0 Å². The van der Waals surface area contributed by atoms with Crippen molar-refractivity contribution in [2.75, 3.05) is 0 Å². The normalized spacial score (nSPS) is 13.5. The van der Waals surface area contributed by atoms with E-state index in [1.165, 1.54) is 24.3 Å². The summed E-state index contributed by atoms with van der Waals surface area (Å²) in [5.41, 5.74) is 5.04. The van der Waals surface area contributed by atoms with Crippen LogP contribution in [0.3, 0.4) is 0 Å². The van der Waals surface area contributed by atoms with E-state index in [4.69, 9.17) is 10.8 Å². The van der Waals surface area contributed by atoms with Gasteiger partial charge in [0.15, 0.2) is 0 Å². The Labute approximate surface area is 81.1 Å². The molecule has 0 fully saturated rings. The lowest BCUT2D eigenvalue weighted by Crippen LogP contribution is -2.38. The van der Waals surface area contributed by atoms with E-state index in [1.54, 1.807) is 6.07 Å². The molecule has 5 nitrogen and oxygen atoms in total. The second kappa shape index (κ2) is 3.77. The molecule has 0 heterocycles. The molecule has 0 spiro atoms. The van der Waals surface area contributed by atoms with Crippen LogP contribution in [0.4, 0.5) is 0 Å². The van der Waals surface area contributed by atoms with E-state index < -0.39 is 21.2 Å². The third-order valence-electron chi connectivity index (χ3n) is 1.65. The minimum Gasteiger partial charge on any atom is -0.479 e. The van der Waals surface area contributed by atoms with Gasteiger partial charge in [-0.15, -0.1) is 0 Å². The highest BCUT2D eigenvalue weighted by molar-refractivity contribution is 7.92. The summed E-state index contributed by atoms with van der Waals surface area (Å²) in [5.74, 6) is -1.56. The average Bonchev–Trinajstić information content (AvgIpc) is 2.18. The Morgan fingerprint density at radius 3 is 2.21 bits per heavy atom. The van der Waals surface area contributed by atoms with Crippen LogP contribution in [0.1, 0.15) is 0 Å². The first-order valence-electron chi connectivity index (χ1n) is 3.73. The Balaban J connectivity index is 3.16. The van der Waals surface area contributed by atoms with E-state index in [0.29, 0.717) is 0 Å². The van der Waals surface area contributed by atoms with Gasteiger partial charge in [-0.2, -0.15) is 0 Å². The van der Waals surface area contributed by atoms with E-state index in [0.717, 1.165) is 0 Å². The highest BCUT2D eigenvalue weighted by atomic mass is 32.2. The molecular formula is C8H9NO4S. The van der Waals surface area contributed by atoms with Crippen LogP contribution in [-0.4, -0.2) is 24.9 Å². The van der Waals surface area contributed by atoms with Crippen molar-refractivity contribution in [2.24, 2.45) is 5.73 Å². The second-order valence-electron chi connectivity index (χ2n) is 2.62. The summed E-state index contributed by atoms with van der Waals surface area (Å²) in [7, 11) is -3.96. The fraction of sp³-hybridized carbons (Fsp3) is 0.125. The maximum Gasteiger partial charge on any atom is 0.336 e. The van der Waals surface area contributed by atoms with Gasteiger partial charge < -0.3 is 10.8 Å². The third kappa shape index (κ3) is 1.91. The Hall–Kier alpha value is -1.40. The molecule has 6 heteroatoms. The molecule has 14 heavy (non-hydrogen) atoms. The van der Waals surface area contributed by atoms with E-state index in [1.807, 2.05) is 0 Å². The zero-order valence-corrected chi connectivity index (χ0v) is 7.94. The van der Waals surface area contributed by atoms with E-state index in [-0.39, 0.29) is 4.90 Å². The quantitative estimate of drug-likeness (QED) is 0.729. The SMILES string of the molecule is NC(C(=O)O)S(=O)(=O)c1ccccc1. The number of sulfone groups is 1. The first-order valence-corrected chi connectivity index (χ1v) is 5.28. The van der Waals surface area contributed by atoms with Crippen LogP contribution in [0.5, 0.6) is 0 Å². The molecule has 1 aromatic rings. The number of benzene rings is 1. The number of hydrogen-bond donors (Lipinski definition) is 2. The van der Waals surface area contributed by atoms with Gasteiger partial charge >= 0.3 is 5.97 Å². The zero-order chi connectivity index (χ0) is 10.8. The summed E-state index contributed by atoms with van der Waals surface area (Å²) < 4.78 is 22.9. The predicted octanol–water partition coefficient (Wildman–Crippen LogP) is -0.170. The lowest BCUT2D eigenvalue weighted by molar-refractivity contribution is -0.136. The van der Waals surface area contributed by atoms with Crippen LogP contribution in [0.2, 0.25) is 0 Å². The topological polar surface area (TPSA) is 97.5 Å². The Bertz CT molecular complexity index is 426. The van der Waals surface area contributed by atoms with Crippen molar-refractivity contribution in [1.82, 2.24) is 0 Å². The van der Waals surface area contributed by atoms with Crippen LogP contribution < -0.4 is 5.73 Å². The molecule has 0 aromatic heterocycles. The number of carboxylic acids is 1. The molecule has 76 valence electrons. The van der Waals surface area contributed by atoms with Crippen LogP contribution in [0.25, 0.3) is 0 Å². The standard InChI is InChI=1S/C8H9NO4S/c9-7(8(10)11)14(12,13)6-4-2-1-3-5-6/h1-5,7H,9H2,(H,10,11). The van der Waals surface area contributed by atoms with Gasteiger partial charge in [-0.05, 0) is 12.1 Å². The van der Waals surface area contributed by atoms with E-state index in [9.17, 15) is 13.2 Å². The average molecular weight is 215 g/mol. The predicted molar refractivity (Wildman–Crippen MR) is 49.2 cm³/mol. The van der Waals surface area contributed by atoms with Gasteiger partial charge in [-0.3, -0.25) is 0 Å². The highest BCUT2D eigenvalue weighted by Gasteiger charge is 2.29. The first-order chi connectivity index (χ1) is 6.46. The van der Waals surface area contributed by atoms with Crippen LogP contribution in [-0.2, 0) is 14.6 Å². The fourth-order valence-electron chi connectivity index (χ4n) is 0.890. The molecule has 0 aliphatic carbocycles. The molecule has 0 radical (unpaired) electrons. The van der Waals surface area contributed by atoms with Crippen molar-refractivity contribution < 1.29 is 18.3 Å². The number of nitrogens with two attached hydrogens (primary N) is 1. The van der Waals surface area contributed by atoms with Crippen molar-refractivity contribution in [3.63, 3.8) is 0 Å². The number of hydrogen-bond acceptors (Lipinski definition) is 4. The van der Waals surface area contributed by atoms with E-state index in [2.05, 4.69) is 0 Å². The highest BCUT2D eigenvalue weighted by Crippen LogP contribution is 2.12. The minimum absolute atomic E-state index is 0.0881. The number of carboxylic acid groups (broad SMARTS) is 1. The maximum absolute atomic E-state index is 11.5. The monoisotopic (exact) mass is 215 g/mol. The summed E-state index contributed by atoms with van der Waals surface area (Å²) in [6, 6.07) is 7.24. The first kappa shape index (κ1) is 10.7. The molecule has 1 rings (SSSR count). The Morgan fingerprint density at radius 1 is 1.29 bits per heavy atom. The largest absolute Gasteiger partial charge is 0.479 e. The van der Waals surface area contributed by atoms with Gasteiger partial charge in [0.05, 0.1) is 4.90 Å². The molecule has 1 atom stereocenters. The third-order valence-corrected chi connectivity index (χ3v) is 3.45. The lowest BCUT2D eigenvalue weighted by atomic mass is 10.4. The minimum atomic E-state index is -3.96. The molecule has 0 saturated carbocycles. The number of aliphatic carboxylic acids is 1. The lowest BCUT2D eigenvalue weighted by Gasteiger charge is -2.07. The number of carbonyl (C=O) groups is 1. The molecule has 0 saturated heterocycles. The Morgan fingerprint density at radius 2 is 1.79 bits per heavy atom. The van der Waals surface area contributed by atoms with Gasteiger partial charge in [-0.25, -0.2) is 13.2 Å². The van der Waals surface area contributed by atoms with E-state index >= 15 is 0 Å². The zero-order valence-electron chi connectivity index (χ0n) is 7.12. The molecule has 0 amide bonds. The fourth-order valence-corrected chi connectivity index (χ4v) is 1.98. The molecule has 1 unspecified atom stereocenters. The van der Waals surface area contributed by atoms with Crippen molar-refractivity contribution >= 4 is 15.8 Å². The summed E-state index contributed by atoms with van der Waals surface area (Å²) in [6.45, 7) is 0. The molecule has 0 aliphatic rings. The van der Waals surface area contributed by atoms with Gasteiger partial charge in [0.2, 0.25) is 15.2 Å². The molecule has 3 N–H and O–H groups in total. The van der Waals surface area contributed by atoms with Gasteiger partial charge in [0.25, 0.3) is 0 Å². The molecule has 0 aliphatic heterocycles. The smallest absolute Gasteiger partial charge is 0.336 e. The van der Waals surface area contributed by atoms with Crippen molar-refractivity contribution in [3.8, 4) is 0 Å². The van der Waals surface area contributed by atoms with Crippen molar-refractivity contribution in [1.29, 1.82) is 0 Å². The van der Waals surface area contributed by atoms with Crippen molar-refractivity contribution in [2.45, 2.75) is 10.3 Å². The van der Waals surface area contributed by atoms with Crippen molar-refractivity contribution in [3.05, 3.63) is 30.3 Å². The second-order valence-corrected chi connectivity index (χ2v) is 4.69. The van der Waals surface area contributed by atoms with Crippen LogP contribution in [0.15, 0.2) is 35.2 Å². The van der Waals surface area contributed by atoms with Gasteiger partial charge in [-0.1, -0.05) is 18.2 Å². The summed E-state index contributed by atoms with van der Waals surface area (Å²) in [5, 5.41) is 6.56. The molecule has 1 aromatic carbocycles. The summed E-state index contributed by atoms with van der Waals surface area (Å²) >= 11 is 0. The van der Waals surface area contributed by atoms with Crippen LogP contribution >= 0.6 is 0 Å². The molecule has 0 bridgehead atoms. The van der Waals surface area contributed by atoms with Gasteiger partial charge in [0.1, 0.15) is 0 Å². The van der Waals surface area contributed by atoms with Crippen LogP contribution in [0, 0.1) is 0 Å². The summed E-state index contributed by atoms with van der Waals surface area (Å²) in [4.78, 5) is 10.3. The molecular weight excluding hydrogens is 206 g/mol. The Kier molecular flexibility index (Phi) is 2.87. The number of rotatable bonds is 3.